The number of amides is 1. The van der Waals surface area contributed by atoms with E-state index in [1.165, 1.54) is 12.6 Å². The van der Waals surface area contributed by atoms with Crippen molar-refractivity contribution in [3.8, 4) is 0 Å². The number of hydrogen-bond donors (Lipinski definition) is 1. The zero-order valence-electron chi connectivity index (χ0n) is 8.77. The van der Waals surface area contributed by atoms with Crippen molar-refractivity contribution in [2.75, 3.05) is 14.1 Å². The van der Waals surface area contributed by atoms with Crippen LogP contribution in [-0.2, 0) is 10.7 Å². The first kappa shape index (κ1) is 11.9. The van der Waals surface area contributed by atoms with Gasteiger partial charge in [-0.2, -0.15) is 0 Å². The minimum atomic E-state index is -0.445. The Labute approximate surface area is 93.9 Å². The van der Waals surface area contributed by atoms with Crippen molar-refractivity contribution in [1.29, 1.82) is 0 Å². The van der Waals surface area contributed by atoms with E-state index in [2.05, 4.69) is 5.32 Å². The van der Waals surface area contributed by atoms with E-state index in [1.54, 1.807) is 0 Å². The van der Waals surface area contributed by atoms with E-state index in [4.69, 9.17) is 4.18 Å². The lowest BCUT2D eigenvalue weighted by atomic mass is 10.2. The van der Waals surface area contributed by atoms with Gasteiger partial charge in [-0.25, -0.2) is 9.10 Å². The molecule has 0 atom stereocenters. The Kier molecular flexibility index (Phi) is 5.00. The second kappa shape index (κ2) is 6.31. The topological polar surface area (TPSA) is 41.6 Å². The van der Waals surface area contributed by atoms with Crippen LogP contribution in [0.1, 0.15) is 5.56 Å². The number of carbonyl (C=O) groups is 1. The molecule has 0 aliphatic rings. The first-order valence-corrected chi connectivity index (χ1v) is 5.23. The van der Waals surface area contributed by atoms with Crippen molar-refractivity contribution >= 4 is 18.3 Å². The molecule has 0 unspecified atom stereocenters. The summed E-state index contributed by atoms with van der Waals surface area (Å²) in [7, 11) is 3.39. The molecule has 1 aromatic rings. The summed E-state index contributed by atoms with van der Waals surface area (Å²) in [6, 6.07) is 9.98. The van der Waals surface area contributed by atoms with Gasteiger partial charge < -0.3 is 9.50 Å². The van der Waals surface area contributed by atoms with Crippen LogP contribution in [0.5, 0.6) is 0 Å². The van der Waals surface area contributed by atoms with E-state index in [-0.39, 0.29) is 0 Å². The van der Waals surface area contributed by atoms with Crippen LogP contribution >= 0.6 is 12.2 Å². The summed E-state index contributed by atoms with van der Waals surface area (Å²) in [5.74, 6) is 0. The number of nitrogens with zero attached hydrogens (tertiary/aromatic N) is 1. The van der Waals surface area contributed by atoms with Gasteiger partial charge in [-0.15, -0.1) is 0 Å². The molecule has 15 heavy (non-hydrogen) atoms. The third kappa shape index (κ3) is 4.71. The van der Waals surface area contributed by atoms with Crippen LogP contribution in [0.3, 0.4) is 0 Å². The number of benzene rings is 1. The van der Waals surface area contributed by atoms with Gasteiger partial charge in [0, 0.05) is 20.6 Å². The lowest BCUT2D eigenvalue weighted by Crippen LogP contribution is -2.19. The third-order valence-electron chi connectivity index (χ3n) is 1.69. The van der Waals surface area contributed by atoms with E-state index >= 15 is 0 Å². The van der Waals surface area contributed by atoms with Gasteiger partial charge in [0.05, 0.1) is 0 Å². The normalized spacial score (nSPS) is 10.1. The summed E-state index contributed by atoms with van der Waals surface area (Å²) < 4.78 is 6.66. The lowest BCUT2D eigenvalue weighted by Gasteiger charge is -2.13. The van der Waals surface area contributed by atoms with Crippen LogP contribution in [-0.4, -0.2) is 24.5 Å². The fourth-order valence-electron chi connectivity index (χ4n) is 1.01. The van der Waals surface area contributed by atoms with Crippen molar-refractivity contribution in [3.63, 3.8) is 0 Å². The highest BCUT2D eigenvalue weighted by molar-refractivity contribution is 7.92. The molecule has 4 nitrogen and oxygen atoms in total. The Morgan fingerprint density at radius 3 is 2.73 bits per heavy atom. The second-order valence-electron chi connectivity index (χ2n) is 2.97. The van der Waals surface area contributed by atoms with Crippen molar-refractivity contribution in [3.05, 3.63) is 35.9 Å². The van der Waals surface area contributed by atoms with E-state index < -0.39 is 6.09 Å². The van der Waals surface area contributed by atoms with Crippen LogP contribution in [0.25, 0.3) is 0 Å². The molecule has 0 saturated carbocycles. The molecule has 0 heterocycles. The van der Waals surface area contributed by atoms with Gasteiger partial charge in [-0.1, -0.05) is 30.3 Å². The van der Waals surface area contributed by atoms with Gasteiger partial charge in [0.1, 0.15) is 0 Å². The van der Waals surface area contributed by atoms with Gasteiger partial charge in [0.15, 0.2) is 12.2 Å². The SMILES string of the molecule is CNC(=O)OSN(C)Cc1ccccc1. The number of hydrogen-bond acceptors (Lipinski definition) is 4. The first-order chi connectivity index (χ1) is 7.22. The Balaban J connectivity index is 2.30. The highest BCUT2D eigenvalue weighted by Gasteiger charge is 2.05. The molecule has 0 aliphatic carbocycles. The molecular formula is C10H14N2O2S. The van der Waals surface area contributed by atoms with Crippen molar-refractivity contribution in [2.45, 2.75) is 6.54 Å². The Morgan fingerprint density at radius 2 is 2.13 bits per heavy atom. The van der Waals surface area contributed by atoms with Gasteiger partial charge >= 0.3 is 6.09 Å². The maximum atomic E-state index is 10.8. The summed E-state index contributed by atoms with van der Waals surface area (Å²) in [5, 5.41) is 2.38. The minimum absolute atomic E-state index is 0.445. The molecule has 0 spiro atoms. The summed E-state index contributed by atoms with van der Waals surface area (Å²) in [5.41, 5.74) is 1.17. The summed E-state index contributed by atoms with van der Waals surface area (Å²) in [6.07, 6.45) is -0.445. The average molecular weight is 226 g/mol. The average Bonchev–Trinajstić information content (AvgIpc) is 2.27. The molecule has 0 saturated heterocycles. The molecule has 0 aromatic heterocycles. The molecule has 0 radical (unpaired) electrons. The highest BCUT2D eigenvalue weighted by atomic mass is 32.2. The number of carbonyl (C=O) groups excluding carboxylic acids is 1. The van der Waals surface area contributed by atoms with E-state index in [0.29, 0.717) is 0 Å². The standard InChI is InChI=1S/C10H14N2O2S/c1-11-10(13)14-15-12(2)8-9-6-4-3-5-7-9/h3-7H,8H2,1-2H3,(H,11,13). The van der Waals surface area contributed by atoms with Crippen LogP contribution in [0.15, 0.2) is 30.3 Å². The molecule has 1 aromatic carbocycles. The maximum absolute atomic E-state index is 10.8. The molecule has 1 N–H and O–H groups in total. The Morgan fingerprint density at radius 1 is 1.47 bits per heavy atom. The van der Waals surface area contributed by atoms with Crippen LogP contribution in [0, 0.1) is 0 Å². The summed E-state index contributed by atoms with van der Waals surface area (Å²) >= 11 is 1.03. The second-order valence-corrected chi connectivity index (χ2v) is 3.91. The van der Waals surface area contributed by atoms with E-state index in [0.717, 1.165) is 18.8 Å². The minimum Gasteiger partial charge on any atom is -0.358 e. The van der Waals surface area contributed by atoms with Gasteiger partial charge in [-0.05, 0) is 5.56 Å². The van der Waals surface area contributed by atoms with Crippen LogP contribution in [0.2, 0.25) is 0 Å². The summed E-state index contributed by atoms with van der Waals surface area (Å²) in [6.45, 7) is 0.725. The van der Waals surface area contributed by atoms with E-state index in [1.807, 2.05) is 41.7 Å². The van der Waals surface area contributed by atoms with Crippen molar-refractivity contribution in [1.82, 2.24) is 9.62 Å². The molecule has 0 bridgehead atoms. The predicted octanol–water partition coefficient (Wildman–Crippen LogP) is 2.04. The number of rotatable bonds is 4. The van der Waals surface area contributed by atoms with Gasteiger partial charge in [0.25, 0.3) is 0 Å². The lowest BCUT2D eigenvalue weighted by molar-refractivity contribution is 0.208. The fourth-order valence-corrected chi connectivity index (χ4v) is 1.49. The van der Waals surface area contributed by atoms with Gasteiger partial charge in [-0.3, -0.25) is 0 Å². The highest BCUT2D eigenvalue weighted by Crippen LogP contribution is 2.13. The number of nitrogens with one attached hydrogen (secondary N) is 1. The van der Waals surface area contributed by atoms with Crippen LogP contribution < -0.4 is 5.32 Å². The van der Waals surface area contributed by atoms with E-state index in [9.17, 15) is 4.79 Å². The molecule has 82 valence electrons. The first-order valence-electron chi connectivity index (χ1n) is 4.54. The summed E-state index contributed by atoms with van der Waals surface area (Å²) in [4.78, 5) is 10.8. The predicted molar refractivity (Wildman–Crippen MR) is 61.0 cm³/mol. The quantitative estimate of drug-likeness (QED) is 0.630. The Hall–Kier alpha value is -1.20. The van der Waals surface area contributed by atoms with Crippen LogP contribution in [0.4, 0.5) is 4.79 Å². The Bertz CT molecular complexity index is 306. The molecular weight excluding hydrogens is 212 g/mol. The maximum Gasteiger partial charge on any atom is 0.420 e. The molecule has 1 amide bonds. The monoisotopic (exact) mass is 226 g/mol. The largest absolute Gasteiger partial charge is 0.420 e. The smallest absolute Gasteiger partial charge is 0.358 e. The molecule has 0 fully saturated rings. The van der Waals surface area contributed by atoms with Crippen molar-refractivity contribution in [2.24, 2.45) is 0 Å². The third-order valence-corrected chi connectivity index (χ3v) is 2.30. The zero-order chi connectivity index (χ0) is 11.1. The molecule has 1 rings (SSSR count). The van der Waals surface area contributed by atoms with Crippen molar-refractivity contribution < 1.29 is 8.98 Å². The zero-order valence-corrected chi connectivity index (χ0v) is 9.58. The molecule has 0 aliphatic heterocycles. The van der Waals surface area contributed by atoms with Gasteiger partial charge in [0.2, 0.25) is 0 Å². The molecule has 5 heteroatoms. The fraction of sp³-hybridized carbons (Fsp3) is 0.300.